The molecule has 0 fully saturated rings. The Morgan fingerprint density at radius 2 is 1.83 bits per heavy atom. The molecule has 0 bridgehead atoms. The fourth-order valence-corrected chi connectivity index (χ4v) is 2.63. The zero-order valence-electron chi connectivity index (χ0n) is 9.97. The van der Waals surface area contributed by atoms with Gasteiger partial charge in [0.2, 0.25) is 0 Å². The molecule has 18 heavy (non-hydrogen) atoms. The minimum absolute atomic E-state index is 0.288. The highest BCUT2D eigenvalue weighted by atomic mass is 16.3. The molecule has 2 atom stereocenters. The number of hydrogen-bond acceptors (Lipinski definition) is 2. The Kier molecular flexibility index (Phi) is 2.45. The lowest BCUT2D eigenvalue weighted by Crippen LogP contribution is -2.37. The van der Waals surface area contributed by atoms with Crippen molar-refractivity contribution in [1.29, 1.82) is 0 Å². The van der Waals surface area contributed by atoms with Crippen molar-refractivity contribution in [2.75, 3.05) is 7.05 Å². The van der Waals surface area contributed by atoms with Crippen molar-refractivity contribution >= 4 is 16.8 Å². The van der Waals surface area contributed by atoms with Crippen LogP contribution >= 0.6 is 0 Å². The number of aliphatic hydroxyl groups excluding tert-OH is 1. The number of aliphatic hydroxyl groups is 1. The molecule has 4 heteroatoms. The van der Waals surface area contributed by atoms with Crippen molar-refractivity contribution in [3.8, 4) is 0 Å². The molecule has 0 aliphatic heterocycles. The summed E-state index contributed by atoms with van der Waals surface area (Å²) in [6.07, 6.45) is -0.691. The van der Waals surface area contributed by atoms with E-state index in [1.807, 2.05) is 36.4 Å². The van der Waals surface area contributed by atoms with E-state index in [2.05, 4.69) is 10.6 Å². The second kappa shape index (κ2) is 3.99. The molecule has 2 aromatic carbocycles. The van der Waals surface area contributed by atoms with Crippen LogP contribution in [0.3, 0.4) is 0 Å². The third kappa shape index (κ3) is 1.46. The van der Waals surface area contributed by atoms with Gasteiger partial charge in [-0.3, -0.25) is 0 Å². The summed E-state index contributed by atoms with van der Waals surface area (Å²) in [5, 5.41) is 17.8. The van der Waals surface area contributed by atoms with E-state index < -0.39 is 6.10 Å². The number of benzene rings is 2. The fourth-order valence-electron chi connectivity index (χ4n) is 2.63. The Bertz CT molecular complexity index is 619. The molecule has 0 saturated heterocycles. The molecule has 92 valence electrons. The Hall–Kier alpha value is -2.07. The van der Waals surface area contributed by atoms with Crippen LogP contribution in [0.2, 0.25) is 0 Å². The van der Waals surface area contributed by atoms with Gasteiger partial charge in [-0.15, -0.1) is 0 Å². The van der Waals surface area contributed by atoms with Gasteiger partial charge in [0.15, 0.2) is 0 Å². The molecule has 3 N–H and O–H groups in total. The summed E-state index contributed by atoms with van der Waals surface area (Å²) in [4.78, 5) is 11.5. The highest BCUT2D eigenvalue weighted by Gasteiger charge is 2.33. The first kappa shape index (κ1) is 11.0. The summed E-state index contributed by atoms with van der Waals surface area (Å²) in [6.45, 7) is 0. The quantitative estimate of drug-likeness (QED) is 0.714. The zero-order chi connectivity index (χ0) is 12.7. The molecule has 0 spiro atoms. The van der Waals surface area contributed by atoms with Gasteiger partial charge in [0.05, 0.1) is 6.04 Å². The minimum atomic E-state index is -0.691. The van der Waals surface area contributed by atoms with E-state index in [1.165, 1.54) is 0 Å². The third-order valence-electron chi connectivity index (χ3n) is 3.45. The Morgan fingerprint density at radius 1 is 1.17 bits per heavy atom. The van der Waals surface area contributed by atoms with Crippen molar-refractivity contribution in [3.63, 3.8) is 0 Å². The molecule has 0 unspecified atom stereocenters. The number of carbonyl (C=O) groups is 1. The van der Waals surface area contributed by atoms with E-state index >= 15 is 0 Å². The van der Waals surface area contributed by atoms with E-state index in [0.717, 1.165) is 21.9 Å². The molecular formula is C14H14N2O2. The predicted octanol–water partition coefficient (Wildman–Crippen LogP) is 1.86. The highest BCUT2D eigenvalue weighted by molar-refractivity contribution is 5.92. The van der Waals surface area contributed by atoms with Crippen LogP contribution in [0.15, 0.2) is 36.4 Å². The fraction of sp³-hybridized carbons (Fsp3) is 0.214. The lowest BCUT2D eigenvalue weighted by molar-refractivity contribution is 0.138. The first-order chi connectivity index (χ1) is 8.72. The van der Waals surface area contributed by atoms with Gasteiger partial charge in [0, 0.05) is 7.05 Å². The van der Waals surface area contributed by atoms with Gasteiger partial charge in [-0.1, -0.05) is 36.4 Å². The largest absolute Gasteiger partial charge is 0.386 e. The molecular weight excluding hydrogens is 228 g/mol. The highest BCUT2D eigenvalue weighted by Crippen LogP contribution is 2.43. The van der Waals surface area contributed by atoms with Crippen molar-refractivity contribution in [1.82, 2.24) is 10.6 Å². The maximum atomic E-state index is 11.5. The van der Waals surface area contributed by atoms with Gasteiger partial charge in [-0.05, 0) is 21.9 Å². The Balaban J connectivity index is 2.13. The van der Waals surface area contributed by atoms with Gasteiger partial charge < -0.3 is 15.7 Å². The molecule has 0 aromatic heterocycles. The number of carbonyl (C=O) groups excluding carboxylic acids is 1. The number of nitrogens with one attached hydrogen (secondary N) is 2. The predicted molar refractivity (Wildman–Crippen MR) is 69.2 cm³/mol. The lowest BCUT2D eigenvalue weighted by atomic mass is 10.0. The maximum absolute atomic E-state index is 11.5. The van der Waals surface area contributed by atoms with E-state index in [1.54, 1.807) is 7.05 Å². The Labute approximate surface area is 105 Å². The molecule has 3 rings (SSSR count). The van der Waals surface area contributed by atoms with Crippen LogP contribution in [-0.2, 0) is 0 Å². The van der Waals surface area contributed by atoms with Crippen molar-refractivity contribution in [2.45, 2.75) is 12.1 Å². The SMILES string of the molecule is CNC(=O)N[C@@H]1c2cccc3cccc(c23)[C@@H]1O. The van der Waals surface area contributed by atoms with Crippen molar-refractivity contribution < 1.29 is 9.90 Å². The van der Waals surface area contributed by atoms with E-state index in [0.29, 0.717) is 0 Å². The van der Waals surface area contributed by atoms with Crippen LogP contribution in [0.5, 0.6) is 0 Å². The summed E-state index contributed by atoms with van der Waals surface area (Å²) in [5.41, 5.74) is 1.85. The van der Waals surface area contributed by atoms with Gasteiger partial charge in [0.25, 0.3) is 0 Å². The van der Waals surface area contributed by atoms with Crippen LogP contribution in [0.25, 0.3) is 10.8 Å². The molecule has 0 saturated carbocycles. The number of rotatable bonds is 1. The summed E-state index contributed by atoms with van der Waals surface area (Å²) < 4.78 is 0. The van der Waals surface area contributed by atoms with Gasteiger partial charge in [-0.25, -0.2) is 4.79 Å². The van der Waals surface area contributed by atoms with E-state index in [4.69, 9.17) is 0 Å². The Morgan fingerprint density at radius 3 is 2.50 bits per heavy atom. The van der Waals surface area contributed by atoms with Crippen LogP contribution in [0.1, 0.15) is 23.3 Å². The number of hydrogen-bond donors (Lipinski definition) is 3. The molecule has 1 aliphatic rings. The lowest BCUT2D eigenvalue weighted by Gasteiger charge is -2.18. The molecule has 2 aromatic rings. The summed E-state index contributed by atoms with van der Waals surface area (Å²) in [7, 11) is 1.56. The summed E-state index contributed by atoms with van der Waals surface area (Å²) in [6, 6.07) is 11.1. The first-order valence-electron chi connectivity index (χ1n) is 5.90. The van der Waals surface area contributed by atoms with Gasteiger partial charge >= 0.3 is 6.03 Å². The number of urea groups is 1. The number of amides is 2. The molecule has 4 nitrogen and oxygen atoms in total. The first-order valence-corrected chi connectivity index (χ1v) is 5.90. The van der Waals surface area contributed by atoms with Crippen LogP contribution in [0.4, 0.5) is 4.79 Å². The minimum Gasteiger partial charge on any atom is -0.386 e. The summed E-state index contributed by atoms with van der Waals surface area (Å²) in [5.74, 6) is 0. The second-order valence-electron chi connectivity index (χ2n) is 4.44. The van der Waals surface area contributed by atoms with E-state index in [-0.39, 0.29) is 12.1 Å². The third-order valence-corrected chi connectivity index (χ3v) is 3.45. The maximum Gasteiger partial charge on any atom is 0.315 e. The van der Waals surface area contributed by atoms with Crippen molar-refractivity contribution in [3.05, 3.63) is 47.5 Å². The van der Waals surface area contributed by atoms with E-state index in [9.17, 15) is 9.90 Å². The molecule has 0 radical (unpaired) electrons. The molecule has 1 aliphatic carbocycles. The zero-order valence-corrected chi connectivity index (χ0v) is 9.97. The average Bonchev–Trinajstić information content (AvgIpc) is 2.67. The topological polar surface area (TPSA) is 61.4 Å². The van der Waals surface area contributed by atoms with Gasteiger partial charge in [0.1, 0.15) is 6.10 Å². The smallest absolute Gasteiger partial charge is 0.315 e. The average molecular weight is 242 g/mol. The summed E-state index contributed by atoms with van der Waals surface area (Å²) >= 11 is 0. The van der Waals surface area contributed by atoms with Crippen LogP contribution < -0.4 is 10.6 Å². The standard InChI is InChI=1S/C14H14N2O2/c1-15-14(18)16-12-9-6-2-4-8-5-3-7-10(11(8)9)13(12)17/h2-7,12-13,17H,1H3,(H2,15,16,18)/t12-,13+/m1/s1. The molecule has 0 heterocycles. The van der Waals surface area contributed by atoms with Gasteiger partial charge in [-0.2, -0.15) is 0 Å². The normalized spacial score (nSPS) is 21.0. The second-order valence-corrected chi connectivity index (χ2v) is 4.44. The van der Waals surface area contributed by atoms with Crippen LogP contribution in [0, 0.1) is 0 Å². The monoisotopic (exact) mass is 242 g/mol. The molecule has 2 amide bonds. The van der Waals surface area contributed by atoms with Crippen molar-refractivity contribution in [2.24, 2.45) is 0 Å². The van der Waals surface area contributed by atoms with Crippen LogP contribution in [-0.4, -0.2) is 18.2 Å².